The molecule has 2 rings (SSSR count). The Bertz CT molecular complexity index is 416. The number of carbonyl (C=O) groups is 2. The van der Waals surface area contributed by atoms with E-state index in [0.717, 1.165) is 5.56 Å². The van der Waals surface area contributed by atoms with E-state index in [1.54, 1.807) is 13.8 Å². The van der Waals surface area contributed by atoms with Gasteiger partial charge in [0.2, 0.25) is 11.8 Å². The van der Waals surface area contributed by atoms with Crippen molar-refractivity contribution < 1.29 is 9.59 Å². The molecule has 0 aromatic heterocycles. The first-order chi connectivity index (χ1) is 7.52. The number of hydrogen-bond donors (Lipinski definition) is 0. The summed E-state index contributed by atoms with van der Waals surface area (Å²) in [6.07, 6.45) is 0. The van der Waals surface area contributed by atoms with Gasteiger partial charge in [0.25, 0.3) is 0 Å². The quantitative estimate of drug-likeness (QED) is 0.676. The first-order valence-electron chi connectivity index (χ1n) is 5.47. The van der Waals surface area contributed by atoms with Crippen LogP contribution in [0.25, 0.3) is 0 Å². The Kier molecular flexibility index (Phi) is 2.54. The summed E-state index contributed by atoms with van der Waals surface area (Å²) in [5.74, 6) is -0.620. The van der Waals surface area contributed by atoms with Gasteiger partial charge in [-0.05, 0) is 19.1 Å². The molecular formula is C13H15NO2. The molecule has 1 heterocycles. The lowest BCUT2D eigenvalue weighted by atomic mass is 10.00. The average Bonchev–Trinajstić information content (AvgIpc) is 2.46. The van der Waals surface area contributed by atoms with Crippen molar-refractivity contribution in [2.45, 2.75) is 20.8 Å². The molecule has 3 heteroatoms. The van der Waals surface area contributed by atoms with Crippen LogP contribution in [-0.4, -0.2) is 11.8 Å². The number of aryl methyl sites for hydroxylation is 1. The SMILES string of the molecule is Cc1ccc(N2C(=O)C(C)C(C)C2=O)cc1. The van der Waals surface area contributed by atoms with Crippen molar-refractivity contribution in [1.82, 2.24) is 0 Å². The molecule has 0 bridgehead atoms. The number of benzene rings is 1. The molecule has 0 N–H and O–H groups in total. The molecule has 1 fully saturated rings. The van der Waals surface area contributed by atoms with Crippen LogP contribution in [-0.2, 0) is 9.59 Å². The lowest BCUT2D eigenvalue weighted by molar-refractivity contribution is -0.122. The summed E-state index contributed by atoms with van der Waals surface area (Å²) < 4.78 is 0. The second-order valence-corrected chi connectivity index (χ2v) is 4.42. The zero-order valence-electron chi connectivity index (χ0n) is 9.73. The van der Waals surface area contributed by atoms with Crippen molar-refractivity contribution >= 4 is 17.5 Å². The van der Waals surface area contributed by atoms with Crippen LogP contribution in [0.15, 0.2) is 24.3 Å². The van der Waals surface area contributed by atoms with E-state index in [0.29, 0.717) is 5.69 Å². The molecule has 0 radical (unpaired) electrons. The highest BCUT2D eigenvalue weighted by Gasteiger charge is 2.42. The van der Waals surface area contributed by atoms with E-state index in [1.807, 2.05) is 31.2 Å². The molecule has 16 heavy (non-hydrogen) atoms. The third kappa shape index (κ3) is 1.52. The predicted molar refractivity (Wildman–Crippen MR) is 62.0 cm³/mol. The van der Waals surface area contributed by atoms with E-state index in [4.69, 9.17) is 0 Å². The first kappa shape index (κ1) is 10.9. The predicted octanol–water partition coefficient (Wildman–Crippen LogP) is 2.14. The van der Waals surface area contributed by atoms with Crippen LogP contribution in [0.3, 0.4) is 0 Å². The van der Waals surface area contributed by atoms with Crippen LogP contribution >= 0.6 is 0 Å². The molecule has 2 atom stereocenters. The standard InChI is InChI=1S/C13H15NO2/c1-8-4-6-11(7-5-8)14-12(15)9(2)10(3)13(14)16/h4-7,9-10H,1-3H3. The molecule has 1 saturated heterocycles. The third-order valence-electron chi connectivity index (χ3n) is 3.26. The van der Waals surface area contributed by atoms with Crippen LogP contribution < -0.4 is 4.90 Å². The minimum atomic E-state index is -0.214. The summed E-state index contributed by atoms with van der Waals surface area (Å²) in [5, 5.41) is 0. The van der Waals surface area contributed by atoms with Crippen molar-refractivity contribution in [2.75, 3.05) is 4.90 Å². The van der Waals surface area contributed by atoms with Crippen LogP contribution in [0, 0.1) is 18.8 Å². The largest absolute Gasteiger partial charge is 0.274 e. The highest BCUT2D eigenvalue weighted by Crippen LogP contribution is 2.30. The summed E-state index contributed by atoms with van der Waals surface area (Å²) in [6.45, 7) is 5.58. The maximum atomic E-state index is 11.9. The highest BCUT2D eigenvalue weighted by atomic mass is 16.2. The van der Waals surface area contributed by atoms with Gasteiger partial charge in [0.1, 0.15) is 0 Å². The Labute approximate surface area is 95.1 Å². The molecular weight excluding hydrogens is 202 g/mol. The molecule has 1 aromatic carbocycles. The van der Waals surface area contributed by atoms with Gasteiger partial charge in [0, 0.05) is 11.8 Å². The number of rotatable bonds is 1. The van der Waals surface area contributed by atoms with Gasteiger partial charge in [0.05, 0.1) is 5.69 Å². The van der Waals surface area contributed by atoms with Gasteiger partial charge in [0.15, 0.2) is 0 Å². The number of imide groups is 1. The second-order valence-electron chi connectivity index (χ2n) is 4.42. The number of carbonyl (C=O) groups excluding carboxylic acids is 2. The van der Waals surface area contributed by atoms with Gasteiger partial charge in [-0.25, -0.2) is 0 Å². The van der Waals surface area contributed by atoms with Crippen molar-refractivity contribution in [2.24, 2.45) is 11.8 Å². The molecule has 0 spiro atoms. The molecule has 0 aliphatic carbocycles. The maximum Gasteiger partial charge on any atom is 0.237 e. The normalized spacial score (nSPS) is 25.3. The topological polar surface area (TPSA) is 37.4 Å². The van der Waals surface area contributed by atoms with Gasteiger partial charge < -0.3 is 0 Å². The molecule has 0 saturated carbocycles. The van der Waals surface area contributed by atoms with Crippen molar-refractivity contribution in [3.05, 3.63) is 29.8 Å². The smallest absolute Gasteiger partial charge is 0.237 e. The fourth-order valence-electron chi connectivity index (χ4n) is 1.89. The summed E-state index contributed by atoms with van der Waals surface area (Å²) in [6, 6.07) is 7.44. The number of hydrogen-bond acceptors (Lipinski definition) is 2. The molecule has 1 aliphatic heterocycles. The van der Waals surface area contributed by atoms with E-state index in [-0.39, 0.29) is 23.7 Å². The first-order valence-corrected chi connectivity index (χ1v) is 5.47. The molecule has 1 aromatic rings. The number of nitrogens with zero attached hydrogens (tertiary/aromatic N) is 1. The van der Waals surface area contributed by atoms with Crippen molar-refractivity contribution in [3.63, 3.8) is 0 Å². The monoisotopic (exact) mass is 217 g/mol. The lowest BCUT2D eigenvalue weighted by Gasteiger charge is -2.14. The fourth-order valence-corrected chi connectivity index (χ4v) is 1.89. The molecule has 2 amide bonds. The lowest BCUT2D eigenvalue weighted by Crippen LogP contribution is -2.30. The average molecular weight is 217 g/mol. The minimum absolute atomic E-state index is 0.0960. The number of amides is 2. The van der Waals surface area contributed by atoms with Gasteiger partial charge in [-0.3, -0.25) is 14.5 Å². The summed E-state index contributed by atoms with van der Waals surface area (Å²) in [4.78, 5) is 25.1. The van der Waals surface area contributed by atoms with E-state index in [9.17, 15) is 9.59 Å². The second kappa shape index (κ2) is 3.74. The van der Waals surface area contributed by atoms with E-state index < -0.39 is 0 Å². The summed E-state index contributed by atoms with van der Waals surface area (Å²) in [5.41, 5.74) is 1.79. The van der Waals surface area contributed by atoms with Crippen LogP contribution in [0.2, 0.25) is 0 Å². The zero-order valence-corrected chi connectivity index (χ0v) is 9.73. The third-order valence-corrected chi connectivity index (χ3v) is 3.26. The van der Waals surface area contributed by atoms with Gasteiger partial charge in [-0.15, -0.1) is 0 Å². The molecule has 3 nitrogen and oxygen atoms in total. The maximum absolute atomic E-state index is 11.9. The zero-order chi connectivity index (χ0) is 11.9. The highest BCUT2D eigenvalue weighted by molar-refractivity contribution is 6.21. The van der Waals surface area contributed by atoms with E-state index >= 15 is 0 Å². The Hall–Kier alpha value is -1.64. The van der Waals surface area contributed by atoms with Crippen molar-refractivity contribution in [3.8, 4) is 0 Å². The Balaban J connectivity index is 2.38. The Morgan fingerprint density at radius 2 is 1.38 bits per heavy atom. The Morgan fingerprint density at radius 1 is 0.938 bits per heavy atom. The summed E-state index contributed by atoms with van der Waals surface area (Å²) >= 11 is 0. The number of anilines is 1. The molecule has 84 valence electrons. The van der Waals surface area contributed by atoms with E-state index in [2.05, 4.69) is 0 Å². The van der Waals surface area contributed by atoms with E-state index in [1.165, 1.54) is 4.90 Å². The fraction of sp³-hybridized carbons (Fsp3) is 0.385. The molecule has 1 aliphatic rings. The van der Waals surface area contributed by atoms with Crippen LogP contribution in [0.5, 0.6) is 0 Å². The Morgan fingerprint density at radius 3 is 1.81 bits per heavy atom. The molecule has 2 unspecified atom stereocenters. The van der Waals surface area contributed by atoms with Gasteiger partial charge >= 0.3 is 0 Å². The van der Waals surface area contributed by atoms with Gasteiger partial charge in [-0.2, -0.15) is 0 Å². The van der Waals surface area contributed by atoms with Crippen molar-refractivity contribution in [1.29, 1.82) is 0 Å². The van der Waals surface area contributed by atoms with Crippen LogP contribution in [0.4, 0.5) is 5.69 Å². The van der Waals surface area contributed by atoms with Crippen LogP contribution in [0.1, 0.15) is 19.4 Å². The minimum Gasteiger partial charge on any atom is -0.274 e. The van der Waals surface area contributed by atoms with Gasteiger partial charge in [-0.1, -0.05) is 31.5 Å². The summed E-state index contributed by atoms with van der Waals surface area (Å²) in [7, 11) is 0.